The molecule has 0 fully saturated rings. The summed E-state index contributed by atoms with van der Waals surface area (Å²) in [5, 5.41) is 0. The van der Waals surface area contributed by atoms with Crippen LogP contribution in [0.2, 0.25) is 0 Å². The first-order chi connectivity index (χ1) is 6.74. The molecule has 0 spiro atoms. The Morgan fingerprint density at radius 1 is 1.36 bits per heavy atom. The Kier molecular flexibility index (Phi) is 4.21. The zero-order valence-corrected chi connectivity index (χ0v) is 9.78. The van der Waals surface area contributed by atoms with E-state index in [2.05, 4.69) is 19.2 Å². The van der Waals surface area contributed by atoms with Crippen LogP contribution in [0.5, 0.6) is 0 Å². The molecule has 0 amide bonds. The fourth-order valence-corrected chi connectivity index (χ4v) is 2.29. The molecule has 0 saturated heterocycles. The van der Waals surface area contributed by atoms with Gasteiger partial charge in [0.1, 0.15) is 0 Å². The van der Waals surface area contributed by atoms with Crippen LogP contribution in [0.4, 0.5) is 0 Å². The van der Waals surface area contributed by atoms with Crippen LogP contribution >= 0.6 is 11.8 Å². The Morgan fingerprint density at radius 3 is 2.57 bits per heavy atom. The van der Waals surface area contributed by atoms with Crippen molar-refractivity contribution < 1.29 is 4.79 Å². The lowest BCUT2D eigenvalue weighted by atomic mass is 10.0. The number of Topliss-reactive ketones (excluding diaryl/α,β-unsaturated/α-hetero) is 1. The fraction of sp³-hybridized carbons (Fsp3) is 0.417. The molecule has 0 radical (unpaired) electrons. The average molecular weight is 208 g/mol. The van der Waals surface area contributed by atoms with Crippen molar-refractivity contribution in [1.82, 2.24) is 0 Å². The van der Waals surface area contributed by atoms with Gasteiger partial charge in [-0.1, -0.05) is 26.0 Å². The van der Waals surface area contributed by atoms with Crippen molar-refractivity contribution in [3.63, 3.8) is 0 Å². The number of benzene rings is 1. The standard InChI is InChI=1S/C12H16OS/c1-4-9-10(11(13)5-2)7-6-8-12(9)14-3/h6-8H,4-5H2,1-3H3. The minimum Gasteiger partial charge on any atom is -0.294 e. The highest BCUT2D eigenvalue weighted by Crippen LogP contribution is 2.24. The van der Waals surface area contributed by atoms with Gasteiger partial charge in [-0.25, -0.2) is 0 Å². The van der Waals surface area contributed by atoms with E-state index in [9.17, 15) is 4.79 Å². The van der Waals surface area contributed by atoms with Gasteiger partial charge in [0.05, 0.1) is 0 Å². The van der Waals surface area contributed by atoms with Gasteiger partial charge in [0, 0.05) is 16.9 Å². The maximum Gasteiger partial charge on any atom is 0.162 e. The third-order valence-electron chi connectivity index (χ3n) is 2.33. The van der Waals surface area contributed by atoms with Gasteiger partial charge in [0.2, 0.25) is 0 Å². The molecule has 0 bridgehead atoms. The van der Waals surface area contributed by atoms with Gasteiger partial charge in [0.25, 0.3) is 0 Å². The number of thioether (sulfide) groups is 1. The Balaban J connectivity index is 3.21. The van der Waals surface area contributed by atoms with E-state index < -0.39 is 0 Å². The van der Waals surface area contributed by atoms with Gasteiger partial charge in [-0.15, -0.1) is 11.8 Å². The summed E-state index contributed by atoms with van der Waals surface area (Å²) in [5.74, 6) is 0.248. The van der Waals surface area contributed by atoms with E-state index in [1.54, 1.807) is 11.8 Å². The average Bonchev–Trinajstić information content (AvgIpc) is 2.26. The van der Waals surface area contributed by atoms with Crippen molar-refractivity contribution >= 4 is 17.5 Å². The molecular weight excluding hydrogens is 192 g/mol. The smallest absolute Gasteiger partial charge is 0.162 e. The lowest BCUT2D eigenvalue weighted by Gasteiger charge is -2.09. The van der Waals surface area contributed by atoms with Crippen LogP contribution in [0.3, 0.4) is 0 Å². The molecule has 1 nitrogen and oxygen atoms in total. The zero-order chi connectivity index (χ0) is 10.6. The lowest BCUT2D eigenvalue weighted by Crippen LogP contribution is -2.02. The van der Waals surface area contributed by atoms with Gasteiger partial charge in [-0.2, -0.15) is 0 Å². The van der Waals surface area contributed by atoms with Crippen molar-refractivity contribution in [2.45, 2.75) is 31.6 Å². The Hall–Kier alpha value is -0.760. The van der Waals surface area contributed by atoms with Crippen LogP contribution in [-0.4, -0.2) is 12.0 Å². The maximum atomic E-state index is 11.7. The van der Waals surface area contributed by atoms with Crippen LogP contribution in [-0.2, 0) is 6.42 Å². The zero-order valence-electron chi connectivity index (χ0n) is 8.96. The topological polar surface area (TPSA) is 17.1 Å². The summed E-state index contributed by atoms with van der Waals surface area (Å²) in [6.45, 7) is 4.01. The van der Waals surface area contributed by atoms with E-state index in [1.165, 1.54) is 10.5 Å². The van der Waals surface area contributed by atoms with E-state index in [-0.39, 0.29) is 5.78 Å². The maximum absolute atomic E-state index is 11.7. The van der Waals surface area contributed by atoms with E-state index in [1.807, 2.05) is 19.1 Å². The second-order valence-electron chi connectivity index (χ2n) is 3.12. The van der Waals surface area contributed by atoms with Crippen LogP contribution in [0.25, 0.3) is 0 Å². The highest BCUT2D eigenvalue weighted by molar-refractivity contribution is 7.98. The molecule has 76 valence electrons. The van der Waals surface area contributed by atoms with Crippen molar-refractivity contribution in [2.24, 2.45) is 0 Å². The SMILES string of the molecule is CCC(=O)c1cccc(SC)c1CC. The van der Waals surface area contributed by atoms with Crippen LogP contribution in [0.15, 0.2) is 23.1 Å². The number of hydrogen-bond acceptors (Lipinski definition) is 2. The van der Waals surface area contributed by atoms with Crippen molar-refractivity contribution in [2.75, 3.05) is 6.26 Å². The molecular formula is C12H16OS. The third kappa shape index (κ3) is 2.18. The fourth-order valence-electron chi connectivity index (χ4n) is 1.57. The van der Waals surface area contributed by atoms with Gasteiger partial charge < -0.3 is 0 Å². The summed E-state index contributed by atoms with van der Waals surface area (Å²) in [7, 11) is 0. The Labute approximate surface area is 89.9 Å². The number of carbonyl (C=O) groups excluding carboxylic acids is 1. The van der Waals surface area contributed by atoms with Crippen molar-refractivity contribution in [1.29, 1.82) is 0 Å². The second kappa shape index (κ2) is 5.20. The number of ketones is 1. The highest BCUT2D eigenvalue weighted by Gasteiger charge is 2.10. The monoisotopic (exact) mass is 208 g/mol. The first-order valence-electron chi connectivity index (χ1n) is 4.93. The molecule has 0 unspecified atom stereocenters. The Morgan fingerprint density at radius 2 is 2.07 bits per heavy atom. The summed E-state index contributed by atoms with van der Waals surface area (Å²) in [4.78, 5) is 12.9. The van der Waals surface area contributed by atoms with Crippen LogP contribution < -0.4 is 0 Å². The number of carbonyl (C=O) groups is 1. The van der Waals surface area contributed by atoms with Crippen molar-refractivity contribution in [3.8, 4) is 0 Å². The van der Waals surface area contributed by atoms with Crippen molar-refractivity contribution in [3.05, 3.63) is 29.3 Å². The Bertz CT molecular complexity index is 331. The van der Waals surface area contributed by atoms with Crippen LogP contribution in [0.1, 0.15) is 36.2 Å². The second-order valence-corrected chi connectivity index (χ2v) is 3.96. The van der Waals surface area contributed by atoms with Gasteiger partial charge in [0.15, 0.2) is 5.78 Å². The molecule has 1 aromatic carbocycles. The summed E-state index contributed by atoms with van der Waals surface area (Å²) >= 11 is 1.71. The molecule has 0 heterocycles. The van der Waals surface area contributed by atoms with Gasteiger partial charge >= 0.3 is 0 Å². The molecule has 1 aromatic rings. The third-order valence-corrected chi connectivity index (χ3v) is 3.15. The summed E-state index contributed by atoms with van der Waals surface area (Å²) in [6.07, 6.45) is 3.57. The molecule has 14 heavy (non-hydrogen) atoms. The summed E-state index contributed by atoms with van der Waals surface area (Å²) in [6, 6.07) is 5.98. The lowest BCUT2D eigenvalue weighted by molar-refractivity contribution is 0.0987. The van der Waals surface area contributed by atoms with Gasteiger partial charge in [-0.3, -0.25) is 4.79 Å². The summed E-state index contributed by atoms with van der Waals surface area (Å²) < 4.78 is 0. The predicted molar refractivity (Wildman–Crippen MR) is 62.2 cm³/mol. The minimum atomic E-state index is 0.248. The van der Waals surface area contributed by atoms with Crippen LogP contribution in [0, 0.1) is 0 Å². The minimum absolute atomic E-state index is 0.248. The van der Waals surface area contributed by atoms with E-state index >= 15 is 0 Å². The number of rotatable bonds is 4. The normalized spacial score (nSPS) is 10.2. The first-order valence-corrected chi connectivity index (χ1v) is 6.16. The molecule has 0 aromatic heterocycles. The molecule has 0 aliphatic heterocycles. The molecule has 1 rings (SSSR count). The van der Waals surface area contributed by atoms with Gasteiger partial charge in [-0.05, 0) is 24.3 Å². The highest BCUT2D eigenvalue weighted by atomic mass is 32.2. The summed E-state index contributed by atoms with van der Waals surface area (Å²) in [5.41, 5.74) is 2.11. The molecule has 0 atom stereocenters. The van der Waals surface area contributed by atoms with E-state index in [0.717, 1.165) is 12.0 Å². The molecule has 0 N–H and O–H groups in total. The largest absolute Gasteiger partial charge is 0.294 e. The quantitative estimate of drug-likeness (QED) is 0.556. The predicted octanol–water partition coefficient (Wildman–Crippen LogP) is 3.56. The molecule has 2 heteroatoms. The molecule has 0 saturated carbocycles. The molecule has 0 aliphatic carbocycles. The molecule has 0 aliphatic rings. The van der Waals surface area contributed by atoms with E-state index in [0.29, 0.717) is 6.42 Å². The van der Waals surface area contributed by atoms with E-state index in [4.69, 9.17) is 0 Å². The number of hydrogen-bond donors (Lipinski definition) is 0. The first kappa shape index (κ1) is 11.3.